The second kappa shape index (κ2) is 13.1. The zero-order valence-electron chi connectivity index (χ0n) is 31.5. The van der Waals surface area contributed by atoms with Crippen LogP contribution in [0.1, 0.15) is 0 Å². The van der Waals surface area contributed by atoms with Crippen LogP contribution in [0.2, 0.25) is 0 Å². The van der Waals surface area contributed by atoms with Crippen molar-refractivity contribution in [2.45, 2.75) is 0 Å². The van der Waals surface area contributed by atoms with Gasteiger partial charge in [0.2, 0.25) is 0 Å². The maximum absolute atomic E-state index is 6.44. The molecular weight excluding hydrogens is 947 g/mol. The van der Waals surface area contributed by atoms with Crippen molar-refractivity contribution in [3.8, 4) is 33.6 Å². The molecule has 4 heterocycles. The smallest absolute Gasteiger partial charge is 0.456 e. The number of hydrogen-bond donors (Lipinski definition) is 0. The molecule has 59 heavy (non-hydrogen) atoms. The summed E-state index contributed by atoms with van der Waals surface area (Å²) < 4.78 is 17.5. The van der Waals surface area contributed by atoms with Gasteiger partial charge in [-0.1, -0.05) is 66.7 Å². The summed E-state index contributed by atoms with van der Waals surface area (Å²) in [7, 11) is 0. The fraction of sp³-hybridized carbons (Fsp3) is 0. The van der Waals surface area contributed by atoms with Crippen LogP contribution >= 0.6 is 0 Å². The molecule has 0 bridgehead atoms. The second-order valence-electron chi connectivity index (χ2n) is 15.1. The van der Waals surface area contributed by atoms with Crippen LogP contribution in [0.4, 0.5) is 0 Å². The van der Waals surface area contributed by atoms with Crippen LogP contribution in [-0.4, -0.2) is 9.13 Å². The molecule has 4 aromatic heterocycles. The predicted molar refractivity (Wildman–Crippen MR) is 238 cm³/mol. The molecule has 0 N–H and O–H groups in total. The van der Waals surface area contributed by atoms with Crippen LogP contribution in [0.15, 0.2) is 191 Å². The number of furan rings is 2. The zero-order valence-corrected chi connectivity index (χ0v) is 35.7. The first-order chi connectivity index (χ1) is 28.7. The maximum atomic E-state index is 6.44. The van der Waals surface area contributed by atoms with Crippen LogP contribution in [0, 0.1) is 43.2 Å². The third-order valence-electron chi connectivity index (χ3n) is 11.9. The standard InChI is InChI=1S/C54H30N2O2.U/c1-2-11-33(12-3-1)34-13-10-14-37(27-34)55-47-18-7-4-15-39(47)42-28-35(21-24-49(42)55)36-22-25-50-43(29-36)40-16-5-8-19-48(40)56(50)38-23-26-52-44(30-38)46-32-53-45(31-54(46)58-52)41-17-6-9-20-51(41)57-53;/h1-11,14-32H;/q-2;+2. The molecule has 272 valence electrons. The molecule has 0 radical (unpaired) electrons. The number of nitrogens with zero attached hydrogens (tertiary/aromatic N) is 2. The molecule has 0 saturated heterocycles. The Morgan fingerprint density at radius 2 is 0.847 bits per heavy atom. The largest absolute Gasteiger partial charge is 2.00 e. The van der Waals surface area contributed by atoms with Gasteiger partial charge in [-0.25, -0.2) is 11.1 Å². The number of aromatic nitrogens is 2. The fourth-order valence-electron chi connectivity index (χ4n) is 9.29. The molecule has 4 nitrogen and oxygen atoms in total. The molecule has 0 aliphatic rings. The van der Waals surface area contributed by atoms with E-state index in [0.29, 0.717) is 0 Å². The minimum Gasteiger partial charge on any atom is -0.456 e. The van der Waals surface area contributed by atoms with Gasteiger partial charge in [0.05, 0.1) is 22.1 Å². The molecule has 0 aliphatic heterocycles. The molecule has 0 fully saturated rings. The van der Waals surface area contributed by atoms with Gasteiger partial charge in [0.15, 0.2) is 0 Å². The number of benzene rings is 9. The Balaban J connectivity index is 0.00000377. The van der Waals surface area contributed by atoms with Gasteiger partial charge in [0.1, 0.15) is 22.3 Å². The molecule has 0 atom stereocenters. The van der Waals surface area contributed by atoms with Gasteiger partial charge < -0.3 is 18.0 Å². The van der Waals surface area contributed by atoms with Gasteiger partial charge >= 0.3 is 31.1 Å². The van der Waals surface area contributed by atoms with Gasteiger partial charge in [-0.2, -0.15) is 42.5 Å². The van der Waals surface area contributed by atoms with Crippen LogP contribution in [0.25, 0.3) is 121 Å². The van der Waals surface area contributed by atoms with Crippen molar-refractivity contribution < 1.29 is 39.9 Å². The molecular formula is C54H30N2O2U. The van der Waals surface area contributed by atoms with Crippen molar-refractivity contribution >= 4 is 87.5 Å². The summed E-state index contributed by atoms with van der Waals surface area (Å²) >= 11 is 0. The van der Waals surface area contributed by atoms with E-state index in [1.807, 2.05) is 42.5 Å². The van der Waals surface area contributed by atoms with E-state index in [1.54, 1.807) is 0 Å². The normalized spacial score (nSPS) is 11.9. The van der Waals surface area contributed by atoms with Crippen molar-refractivity contribution in [2.75, 3.05) is 0 Å². The van der Waals surface area contributed by atoms with Crippen molar-refractivity contribution in [1.82, 2.24) is 9.13 Å². The molecule has 13 rings (SSSR count). The monoisotopic (exact) mass is 976 g/mol. The number of para-hydroxylation sites is 3. The minimum atomic E-state index is 0. The number of hydrogen-bond acceptors (Lipinski definition) is 2. The number of rotatable bonds is 4. The molecule has 13 aromatic rings. The predicted octanol–water partition coefficient (Wildman–Crippen LogP) is 14.6. The topological polar surface area (TPSA) is 36.1 Å². The van der Waals surface area contributed by atoms with Gasteiger partial charge in [0, 0.05) is 48.8 Å². The zero-order chi connectivity index (χ0) is 37.9. The summed E-state index contributed by atoms with van der Waals surface area (Å²) in [6.45, 7) is 0. The molecule has 0 aliphatic carbocycles. The Kier molecular flexibility index (Phi) is 7.63. The van der Waals surface area contributed by atoms with Crippen LogP contribution in [-0.2, 0) is 0 Å². The van der Waals surface area contributed by atoms with E-state index >= 15 is 0 Å². The molecule has 5 heteroatoms. The van der Waals surface area contributed by atoms with E-state index in [9.17, 15) is 0 Å². The molecule has 9 aromatic carbocycles. The number of fused-ring (bicyclic) bond motifs is 12. The van der Waals surface area contributed by atoms with Crippen molar-refractivity contribution in [3.63, 3.8) is 0 Å². The van der Waals surface area contributed by atoms with Gasteiger partial charge in [-0.3, -0.25) is 0 Å². The minimum absolute atomic E-state index is 0. The van der Waals surface area contributed by atoms with E-state index in [-0.39, 0.29) is 31.1 Å². The van der Waals surface area contributed by atoms with Crippen LogP contribution in [0.5, 0.6) is 0 Å². The molecule has 0 saturated carbocycles. The van der Waals surface area contributed by atoms with Crippen LogP contribution < -0.4 is 0 Å². The summed E-state index contributed by atoms with van der Waals surface area (Å²) in [6, 6.07) is 71.4. The van der Waals surface area contributed by atoms with Gasteiger partial charge in [0.25, 0.3) is 0 Å². The average Bonchev–Trinajstić information content (AvgIpc) is 4.02. The summed E-state index contributed by atoms with van der Waals surface area (Å²) in [6.07, 6.45) is 0. The van der Waals surface area contributed by atoms with Gasteiger partial charge in [-0.05, 0) is 89.6 Å². The van der Waals surface area contributed by atoms with Crippen molar-refractivity contribution in [2.24, 2.45) is 0 Å². The van der Waals surface area contributed by atoms with Crippen molar-refractivity contribution in [1.29, 1.82) is 0 Å². The van der Waals surface area contributed by atoms with E-state index in [2.05, 4.69) is 161 Å². The molecule has 0 unspecified atom stereocenters. The summed E-state index contributed by atoms with van der Waals surface area (Å²) in [5.74, 6) is 0. The van der Waals surface area contributed by atoms with E-state index in [4.69, 9.17) is 8.83 Å². The first kappa shape index (κ1) is 34.3. The van der Waals surface area contributed by atoms with E-state index < -0.39 is 0 Å². The Hall–Kier alpha value is -6.77. The quantitative estimate of drug-likeness (QED) is 0.165. The molecule has 0 spiro atoms. The summed E-state index contributed by atoms with van der Waals surface area (Å²) in [4.78, 5) is 0. The fourth-order valence-corrected chi connectivity index (χ4v) is 9.29. The Morgan fingerprint density at radius 3 is 1.51 bits per heavy atom. The molecule has 0 amide bonds. The van der Waals surface area contributed by atoms with E-state index in [1.165, 1.54) is 43.7 Å². The Morgan fingerprint density at radius 1 is 0.322 bits per heavy atom. The summed E-state index contributed by atoms with van der Waals surface area (Å²) in [5, 5.41) is 9.14. The summed E-state index contributed by atoms with van der Waals surface area (Å²) in [5.41, 5.74) is 14.7. The average molecular weight is 977 g/mol. The van der Waals surface area contributed by atoms with E-state index in [0.717, 1.165) is 77.4 Å². The Labute approximate surface area is 361 Å². The van der Waals surface area contributed by atoms with Crippen LogP contribution in [0.3, 0.4) is 0 Å². The SMILES string of the molecule is [U+2].[c-]1ccccc1-c1[c-]ccc(-n2c3ccccc3c3cc(-c4ccc5c(c4)c4ccccc4n5-c4ccc5oc6cc7c(cc6c5c4)oc4ccccc47)ccc32)c1. The second-order valence-corrected chi connectivity index (χ2v) is 15.1. The Bertz CT molecular complexity index is 3810. The third kappa shape index (κ3) is 5.15. The van der Waals surface area contributed by atoms with Gasteiger partial charge in [-0.15, -0.1) is 12.1 Å². The maximum Gasteiger partial charge on any atom is 2.00 e. The first-order valence-electron chi connectivity index (χ1n) is 19.6. The third-order valence-corrected chi connectivity index (χ3v) is 11.9. The first-order valence-corrected chi connectivity index (χ1v) is 19.6. The van der Waals surface area contributed by atoms with Crippen molar-refractivity contribution in [3.05, 3.63) is 194 Å².